The molecular formula is C14H22N2O2. The number of carbonyl (C=O) groups excluding carboxylic acids is 1. The van der Waals surface area contributed by atoms with E-state index in [4.69, 9.17) is 10.5 Å². The molecule has 0 aromatic heterocycles. The maximum absolute atomic E-state index is 10.8. The van der Waals surface area contributed by atoms with Crippen LogP contribution in [0.5, 0.6) is 5.75 Å². The lowest BCUT2D eigenvalue weighted by molar-refractivity contribution is 0.246. The molecular weight excluding hydrogens is 228 g/mol. The Labute approximate surface area is 109 Å². The minimum atomic E-state index is -0.506. The van der Waals surface area contributed by atoms with Gasteiger partial charge in [0.2, 0.25) is 0 Å². The highest BCUT2D eigenvalue weighted by molar-refractivity contribution is 5.71. The third kappa shape index (κ3) is 3.39. The first-order valence-corrected chi connectivity index (χ1v) is 6.11. The van der Waals surface area contributed by atoms with Crippen molar-refractivity contribution in [2.45, 2.75) is 32.6 Å². The van der Waals surface area contributed by atoms with E-state index in [0.717, 1.165) is 17.7 Å². The molecule has 0 saturated carbocycles. The van der Waals surface area contributed by atoms with Crippen molar-refractivity contribution >= 4 is 6.03 Å². The predicted octanol–water partition coefficient (Wildman–Crippen LogP) is 2.20. The zero-order chi connectivity index (χ0) is 13.8. The van der Waals surface area contributed by atoms with E-state index in [9.17, 15) is 4.79 Å². The van der Waals surface area contributed by atoms with Crippen LogP contribution in [0.2, 0.25) is 0 Å². The maximum atomic E-state index is 10.8. The average molecular weight is 250 g/mol. The second-order valence-corrected chi connectivity index (χ2v) is 4.99. The minimum Gasteiger partial charge on any atom is -0.496 e. The first-order chi connectivity index (χ1) is 8.40. The molecule has 2 amide bonds. The topological polar surface area (TPSA) is 64.3 Å². The number of rotatable bonds is 5. The van der Waals surface area contributed by atoms with Crippen LogP contribution >= 0.6 is 0 Å². The van der Waals surface area contributed by atoms with E-state index in [1.165, 1.54) is 5.56 Å². The molecule has 1 aromatic rings. The lowest BCUT2D eigenvalue weighted by Crippen LogP contribution is -2.39. The zero-order valence-corrected chi connectivity index (χ0v) is 11.5. The summed E-state index contributed by atoms with van der Waals surface area (Å²) in [4.78, 5) is 10.8. The third-order valence-corrected chi connectivity index (χ3v) is 3.11. The summed E-state index contributed by atoms with van der Waals surface area (Å²) in [5.41, 5.74) is 7.22. The number of nitrogens with two attached hydrogens (primary N) is 1. The van der Waals surface area contributed by atoms with Gasteiger partial charge in [0.25, 0.3) is 0 Å². The number of ether oxygens (including phenoxy) is 1. The molecule has 0 bridgehead atoms. The summed E-state index contributed by atoms with van der Waals surface area (Å²) in [6.07, 6.45) is 0.969. The molecule has 0 aliphatic rings. The Morgan fingerprint density at radius 3 is 2.61 bits per heavy atom. The Kier molecular flexibility index (Phi) is 4.59. The summed E-state index contributed by atoms with van der Waals surface area (Å²) in [7, 11) is 1.65. The summed E-state index contributed by atoms with van der Waals surface area (Å²) < 4.78 is 5.39. The van der Waals surface area contributed by atoms with Crippen LogP contribution in [0.15, 0.2) is 18.2 Å². The molecule has 1 aromatic carbocycles. The quantitative estimate of drug-likeness (QED) is 0.841. The number of primary amides is 1. The Hall–Kier alpha value is -1.71. The second kappa shape index (κ2) is 5.76. The van der Waals surface area contributed by atoms with E-state index in [0.29, 0.717) is 6.54 Å². The lowest BCUT2D eigenvalue weighted by Gasteiger charge is -2.27. The fraction of sp³-hybridized carbons (Fsp3) is 0.500. The molecule has 0 saturated heterocycles. The minimum absolute atomic E-state index is 0.231. The van der Waals surface area contributed by atoms with Crippen molar-refractivity contribution in [3.63, 3.8) is 0 Å². The van der Waals surface area contributed by atoms with Gasteiger partial charge in [-0.2, -0.15) is 0 Å². The van der Waals surface area contributed by atoms with Crippen molar-refractivity contribution < 1.29 is 9.53 Å². The van der Waals surface area contributed by atoms with E-state index in [1.807, 2.05) is 6.07 Å². The molecule has 0 aliphatic heterocycles. The molecule has 0 fully saturated rings. The summed E-state index contributed by atoms with van der Waals surface area (Å²) in [5, 5.41) is 2.66. The van der Waals surface area contributed by atoms with Crippen molar-refractivity contribution in [2.24, 2.45) is 5.73 Å². The van der Waals surface area contributed by atoms with Crippen LogP contribution in [0.4, 0.5) is 4.79 Å². The molecule has 0 heterocycles. The van der Waals surface area contributed by atoms with E-state index in [2.05, 4.69) is 38.2 Å². The SMILES string of the molecule is CCc1ccc(OC)c(C(C)(C)CNC(N)=O)c1. The number of carbonyl (C=O) groups is 1. The summed E-state index contributed by atoms with van der Waals surface area (Å²) >= 11 is 0. The average Bonchev–Trinajstić information content (AvgIpc) is 2.35. The van der Waals surface area contributed by atoms with Crippen molar-refractivity contribution in [2.75, 3.05) is 13.7 Å². The first-order valence-electron chi connectivity index (χ1n) is 6.11. The molecule has 100 valence electrons. The number of benzene rings is 1. The van der Waals surface area contributed by atoms with Crippen LogP contribution in [-0.4, -0.2) is 19.7 Å². The largest absolute Gasteiger partial charge is 0.496 e. The fourth-order valence-corrected chi connectivity index (χ4v) is 1.91. The van der Waals surface area contributed by atoms with Gasteiger partial charge < -0.3 is 15.8 Å². The van der Waals surface area contributed by atoms with Gasteiger partial charge in [-0.1, -0.05) is 32.9 Å². The van der Waals surface area contributed by atoms with Gasteiger partial charge in [0.1, 0.15) is 5.75 Å². The smallest absolute Gasteiger partial charge is 0.312 e. The molecule has 4 nitrogen and oxygen atoms in total. The number of nitrogens with one attached hydrogen (secondary N) is 1. The summed E-state index contributed by atoms with van der Waals surface area (Å²) in [5.74, 6) is 0.837. The molecule has 0 spiro atoms. The van der Waals surface area contributed by atoms with E-state index >= 15 is 0 Å². The number of urea groups is 1. The summed E-state index contributed by atoms with van der Waals surface area (Å²) in [6.45, 7) is 6.70. The second-order valence-electron chi connectivity index (χ2n) is 4.99. The van der Waals surface area contributed by atoms with Gasteiger partial charge in [-0.3, -0.25) is 0 Å². The van der Waals surface area contributed by atoms with Crippen molar-refractivity contribution in [1.82, 2.24) is 5.32 Å². The van der Waals surface area contributed by atoms with Gasteiger partial charge in [0.05, 0.1) is 7.11 Å². The van der Waals surface area contributed by atoms with Gasteiger partial charge in [0.15, 0.2) is 0 Å². The Balaban J connectivity index is 3.07. The Bertz CT molecular complexity index is 428. The van der Waals surface area contributed by atoms with E-state index in [1.54, 1.807) is 7.11 Å². The van der Waals surface area contributed by atoms with Crippen molar-refractivity contribution in [3.8, 4) is 5.75 Å². The third-order valence-electron chi connectivity index (χ3n) is 3.11. The monoisotopic (exact) mass is 250 g/mol. The van der Waals surface area contributed by atoms with Crippen molar-refractivity contribution in [3.05, 3.63) is 29.3 Å². The van der Waals surface area contributed by atoms with Crippen LogP contribution in [0.3, 0.4) is 0 Å². The fourth-order valence-electron chi connectivity index (χ4n) is 1.91. The number of methoxy groups -OCH3 is 1. The maximum Gasteiger partial charge on any atom is 0.312 e. The number of hydrogen-bond acceptors (Lipinski definition) is 2. The molecule has 0 radical (unpaired) electrons. The molecule has 1 rings (SSSR count). The van der Waals surface area contributed by atoms with Gasteiger partial charge in [-0.25, -0.2) is 4.79 Å². The van der Waals surface area contributed by atoms with Gasteiger partial charge in [0, 0.05) is 17.5 Å². The molecule has 18 heavy (non-hydrogen) atoms. The Morgan fingerprint density at radius 1 is 1.44 bits per heavy atom. The van der Waals surface area contributed by atoms with Gasteiger partial charge in [-0.15, -0.1) is 0 Å². The zero-order valence-electron chi connectivity index (χ0n) is 11.5. The van der Waals surface area contributed by atoms with Gasteiger partial charge in [-0.05, 0) is 18.1 Å². The molecule has 4 heteroatoms. The highest BCUT2D eigenvalue weighted by Gasteiger charge is 2.25. The highest BCUT2D eigenvalue weighted by atomic mass is 16.5. The highest BCUT2D eigenvalue weighted by Crippen LogP contribution is 2.32. The lowest BCUT2D eigenvalue weighted by atomic mass is 9.83. The van der Waals surface area contributed by atoms with Crippen LogP contribution in [0.1, 0.15) is 31.9 Å². The molecule has 0 atom stereocenters. The molecule has 0 unspecified atom stereocenters. The van der Waals surface area contributed by atoms with Gasteiger partial charge >= 0.3 is 6.03 Å². The number of amides is 2. The summed E-state index contributed by atoms with van der Waals surface area (Å²) in [6, 6.07) is 5.65. The molecule has 0 aliphatic carbocycles. The predicted molar refractivity (Wildman–Crippen MR) is 73.0 cm³/mol. The van der Waals surface area contributed by atoms with Crippen LogP contribution in [0.25, 0.3) is 0 Å². The normalized spacial score (nSPS) is 11.1. The number of aryl methyl sites for hydroxylation is 1. The van der Waals surface area contributed by atoms with E-state index in [-0.39, 0.29) is 5.41 Å². The standard InChI is InChI=1S/C14H22N2O2/c1-5-10-6-7-12(18-4)11(8-10)14(2,3)9-16-13(15)17/h6-8H,5,9H2,1-4H3,(H3,15,16,17). The van der Waals surface area contributed by atoms with E-state index < -0.39 is 6.03 Å². The first kappa shape index (κ1) is 14.4. The Morgan fingerprint density at radius 2 is 2.11 bits per heavy atom. The van der Waals surface area contributed by atoms with Crippen LogP contribution in [-0.2, 0) is 11.8 Å². The van der Waals surface area contributed by atoms with Crippen LogP contribution in [0, 0.1) is 0 Å². The molecule has 3 N–H and O–H groups in total. The number of hydrogen-bond donors (Lipinski definition) is 2. The van der Waals surface area contributed by atoms with Crippen LogP contribution < -0.4 is 15.8 Å². The van der Waals surface area contributed by atoms with Crippen molar-refractivity contribution in [1.29, 1.82) is 0 Å².